The minimum Gasteiger partial charge on any atom is -0.493 e. The fourth-order valence-corrected chi connectivity index (χ4v) is 1.25. The molecule has 0 unspecified atom stereocenters. The second-order valence-corrected chi connectivity index (χ2v) is 3.87. The third-order valence-corrected chi connectivity index (χ3v) is 1.95. The Morgan fingerprint density at radius 2 is 1.85 bits per heavy atom. The van der Waals surface area contributed by atoms with Crippen molar-refractivity contribution in [2.45, 2.75) is 26.9 Å². The van der Waals surface area contributed by atoms with Crippen LogP contribution in [0.1, 0.15) is 31.1 Å². The van der Waals surface area contributed by atoms with E-state index in [1.165, 1.54) is 6.07 Å². The van der Waals surface area contributed by atoms with Crippen LogP contribution in [0.4, 0.5) is 4.79 Å². The van der Waals surface area contributed by atoms with Crippen molar-refractivity contribution >= 4 is 12.1 Å². The zero-order valence-electron chi connectivity index (χ0n) is 11.5. The summed E-state index contributed by atoms with van der Waals surface area (Å²) in [5, 5.41) is 4.07. The molecule has 0 bridgehead atoms. The van der Waals surface area contributed by atoms with Gasteiger partial charge in [0.05, 0.1) is 17.7 Å². The first-order chi connectivity index (χ1) is 9.54. The molecule has 0 heterocycles. The summed E-state index contributed by atoms with van der Waals surface area (Å²) in [6.07, 6.45) is -1.48. The summed E-state index contributed by atoms with van der Waals surface area (Å²) in [6, 6.07) is 6.43. The average Bonchev–Trinajstić information content (AvgIpc) is 2.38. The van der Waals surface area contributed by atoms with Crippen molar-refractivity contribution < 1.29 is 33.9 Å². The number of benzene rings is 1. The van der Waals surface area contributed by atoms with Crippen molar-refractivity contribution in [3.05, 3.63) is 29.8 Å². The van der Waals surface area contributed by atoms with Crippen molar-refractivity contribution in [1.82, 2.24) is 0 Å². The molecule has 0 spiro atoms. The molecule has 0 aliphatic heterocycles. The molecular formula is C13H16O7. The second kappa shape index (κ2) is 8.00. The lowest BCUT2D eigenvalue weighted by Crippen LogP contribution is -2.15. The van der Waals surface area contributed by atoms with Crippen LogP contribution < -0.4 is 4.74 Å². The first-order valence-electron chi connectivity index (χ1n) is 6.02. The molecule has 0 fully saturated rings. The van der Waals surface area contributed by atoms with Gasteiger partial charge >= 0.3 is 12.1 Å². The smallest absolute Gasteiger partial charge is 0.493 e. The summed E-state index contributed by atoms with van der Waals surface area (Å²) in [5.74, 6) is -0.514. The Kier molecular flexibility index (Phi) is 6.31. The zero-order valence-corrected chi connectivity index (χ0v) is 11.5. The molecule has 1 aromatic carbocycles. The lowest BCUT2D eigenvalue weighted by Gasteiger charge is -2.08. The summed E-state index contributed by atoms with van der Waals surface area (Å²) < 4.78 is 9.85. The molecular weight excluding hydrogens is 268 g/mol. The van der Waals surface area contributed by atoms with Gasteiger partial charge in [-0.25, -0.2) is 14.5 Å². The molecule has 0 amide bonds. The molecule has 1 rings (SSSR count). The van der Waals surface area contributed by atoms with Gasteiger partial charge in [-0.2, -0.15) is 0 Å². The van der Waals surface area contributed by atoms with E-state index in [0.717, 1.165) is 0 Å². The molecule has 0 atom stereocenters. The Hall–Kier alpha value is -2.28. The number of hydrogen-bond acceptors (Lipinski definition) is 7. The van der Waals surface area contributed by atoms with Gasteiger partial charge in [0.25, 0.3) is 0 Å². The molecule has 1 aromatic rings. The van der Waals surface area contributed by atoms with E-state index >= 15 is 0 Å². The monoisotopic (exact) mass is 284 g/mol. The first kappa shape index (κ1) is 15.8. The number of hydrogen-bond donors (Lipinski definition) is 0. The van der Waals surface area contributed by atoms with E-state index in [4.69, 9.17) is 4.74 Å². The average molecular weight is 284 g/mol. The molecule has 0 saturated heterocycles. The van der Waals surface area contributed by atoms with Gasteiger partial charge in [0.15, 0.2) is 0 Å². The van der Waals surface area contributed by atoms with Crippen LogP contribution in [0.3, 0.4) is 0 Å². The Morgan fingerprint density at radius 1 is 1.15 bits per heavy atom. The van der Waals surface area contributed by atoms with Gasteiger partial charge in [0.2, 0.25) is 0 Å². The topological polar surface area (TPSA) is 80.3 Å². The summed E-state index contributed by atoms with van der Waals surface area (Å²) >= 11 is 0. The number of para-hydroxylation sites is 1. The van der Waals surface area contributed by atoms with Crippen LogP contribution >= 0.6 is 0 Å². The minimum absolute atomic E-state index is 0.148. The maximum absolute atomic E-state index is 11.7. The SMILES string of the molecule is CCOc1ccccc1C(=O)OOOC(=O)OC(C)C. The molecule has 0 aliphatic carbocycles. The van der Waals surface area contributed by atoms with Gasteiger partial charge in [0, 0.05) is 0 Å². The van der Waals surface area contributed by atoms with Crippen LogP contribution in [0.15, 0.2) is 24.3 Å². The van der Waals surface area contributed by atoms with Crippen molar-refractivity contribution in [1.29, 1.82) is 0 Å². The molecule has 0 saturated carbocycles. The molecule has 0 radical (unpaired) electrons. The van der Waals surface area contributed by atoms with Gasteiger partial charge in [-0.15, -0.1) is 0 Å². The van der Waals surface area contributed by atoms with Crippen molar-refractivity contribution in [3.8, 4) is 5.75 Å². The quantitative estimate of drug-likeness (QED) is 0.451. The summed E-state index contributed by atoms with van der Waals surface area (Å²) in [4.78, 5) is 31.1. The second-order valence-electron chi connectivity index (χ2n) is 3.87. The Balaban J connectivity index is 2.49. The minimum atomic E-state index is -1.11. The standard InChI is InChI=1S/C13H16O7/c1-4-16-11-8-6-5-7-10(11)12(14)18-20-19-13(15)17-9(2)3/h5-9H,4H2,1-3H3. The lowest BCUT2D eigenvalue weighted by atomic mass is 10.2. The van der Waals surface area contributed by atoms with E-state index < -0.39 is 12.1 Å². The van der Waals surface area contributed by atoms with Crippen LogP contribution in [-0.4, -0.2) is 24.8 Å². The van der Waals surface area contributed by atoms with E-state index in [1.807, 2.05) is 0 Å². The predicted octanol–water partition coefficient (Wildman–Crippen LogP) is 2.65. The zero-order chi connectivity index (χ0) is 15.0. The van der Waals surface area contributed by atoms with Crippen LogP contribution in [-0.2, 0) is 19.6 Å². The molecule has 0 aromatic heterocycles. The number of carbonyl (C=O) groups is 2. The first-order valence-corrected chi connectivity index (χ1v) is 6.02. The largest absolute Gasteiger partial charge is 0.543 e. The Labute approximate surface area is 116 Å². The fraction of sp³-hybridized carbons (Fsp3) is 0.385. The van der Waals surface area contributed by atoms with E-state index in [0.29, 0.717) is 12.4 Å². The van der Waals surface area contributed by atoms with Crippen molar-refractivity contribution in [3.63, 3.8) is 0 Å². The van der Waals surface area contributed by atoms with E-state index in [2.05, 4.69) is 19.6 Å². The summed E-state index contributed by atoms with van der Waals surface area (Å²) in [5.41, 5.74) is 0.148. The van der Waals surface area contributed by atoms with E-state index in [-0.39, 0.29) is 11.7 Å². The van der Waals surface area contributed by atoms with Crippen LogP contribution in [0.25, 0.3) is 0 Å². The van der Waals surface area contributed by atoms with Gasteiger partial charge in [-0.1, -0.05) is 12.1 Å². The third-order valence-electron chi connectivity index (χ3n) is 1.95. The molecule has 20 heavy (non-hydrogen) atoms. The highest BCUT2D eigenvalue weighted by Crippen LogP contribution is 2.18. The molecule has 0 aliphatic rings. The maximum atomic E-state index is 11.7. The van der Waals surface area contributed by atoms with Gasteiger partial charge in [-0.05, 0) is 32.9 Å². The molecule has 0 N–H and O–H groups in total. The lowest BCUT2D eigenvalue weighted by molar-refractivity contribution is -0.452. The van der Waals surface area contributed by atoms with Crippen molar-refractivity contribution in [2.24, 2.45) is 0 Å². The normalized spacial score (nSPS) is 10.0. The molecule has 7 heteroatoms. The third kappa shape index (κ3) is 5.15. The number of carbonyl (C=O) groups excluding carboxylic acids is 2. The van der Waals surface area contributed by atoms with Gasteiger partial charge in [0.1, 0.15) is 11.3 Å². The van der Waals surface area contributed by atoms with Gasteiger partial charge in [-0.3, -0.25) is 4.89 Å². The molecule has 110 valence electrons. The van der Waals surface area contributed by atoms with Crippen LogP contribution in [0.5, 0.6) is 5.75 Å². The van der Waals surface area contributed by atoms with E-state index in [1.54, 1.807) is 39.0 Å². The Morgan fingerprint density at radius 3 is 2.50 bits per heavy atom. The maximum Gasteiger partial charge on any atom is 0.543 e. The van der Waals surface area contributed by atoms with Crippen molar-refractivity contribution in [2.75, 3.05) is 6.61 Å². The van der Waals surface area contributed by atoms with E-state index in [9.17, 15) is 9.59 Å². The van der Waals surface area contributed by atoms with Gasteiger partial charge < -0.3 is 9.47 Å². The predicted molar refractivity (Wildman–Crippen MR) is 66.8 cm³/mol. The highest BCUT2D eigenvalue weighted by Gasteiger charge is 2.16. The van der Waals surface area contributed by atoms with Crippen LogP contribution in [0, 0.1) is 0 Å². The summed E-state index contributed by atoms with van der Waals surface area (Å²) in [7, 11) is 0. The Bertz CT molecular complexity index is 456. The number of ether oxygens (including phenoxy) is 2. The molecule has 7 nitrogen and oxygen atoms in total. The summed E-state index contributed by atoms with van der Waals surface area (Å²) in [6.45, 7) is 5.43. The highest BCUT2D eigenvalue weighted by molar-refractivity contribution is 5.92. The van der Waals surface area contributed by atoms with Crippen LogP contribution in [0.2, 0.25) is 0 Å². The number of rotatable bonds is 6. The fourth-order valence-electron chi connectivity index (χ4n) is 1.25. The highest BCUT2D eigenvalue weighted by atomic mass is 17.5.